The van der Waals surface area contributed by atoms with Crippen LogP contribution in [0.2, 0.25) is 0 Å². The molecule has 1 N–H and O–H groups in total. The summed E-state index contributed by atoms with van der Waals surface area (Å²) < 4.78 is 24.9. The lowest BCUT2D eigenvalue weighted by molar-refractivity contribution is -0.140. The molecule has 1 atom stereocenters. The molecule has 2 aromatic carbocycles. The van der Waals surface area contributed by atoms with Gasteiger partial charge in [-0.2, -0.15) is 0 Å². The van der Waals surface area contributed by atoms with Gasteiger partial charge in [-0.05, 0) is 64.3 Å². The summed E-state index contributed by atoms with van der Waals surface area (Å²) in [7, 11) is 1.36. The molecule has 0 saturated heterocycles. The number of hydrogen-bond acceptors (Lipinski definition) is 5. The Hall–Kier alpha value is -3.35. The van der Waals surface area contributed by atoms with Crippen LogP contribution in [0.15, 0.2) is 42.5 Å². The number of esters is 1. The number of allylic oxidation sites excluding steroid dienone is 1. The van der Waals surface area contributed by atoms with Crippen molar-refractivity contribution >= 4 is 29.5 Å². The SMILES string of the molecule is COC(=O)CC(C)N(Cc1ccccc1F)c1ccc(NC(=O)OC(C)(C)C)c2c1C=CCC2. The average Bonchev–Trinajstić information content (AvgIpc) is 2.77. The molecule has 6 nitrogen and oxygen atoms in total. The predicted octanol–water partition coefficient (Wildman–Crippen LogP) is 6.09. The van der Waals surface area contributed by atoms with Crippen LogP contribution in [0.4, 0.5) is 20.6 Å². The first-order chi connectivity index (χ1) is 16.1. The predicted molar refractivity (Wildman–Crippen MR) is 132 cm³/mol. The summed E-state index contributed by atoms with van der Waals surface area (Å²) in [6.45, 7) is 7.65. The highest BCUT2D eigenvalue weighted by Gasteiger charge is 2.25. The molecule has 0 fully saturated rings. The standard InChI is InChI=1S/C27H33FN2O4/c1-18(16-25(31)33-5)30(17-19-10-6-9-13-22(19)28)24-15-14-23(20-11-7-8-12-21(20)24)29-26(32)34-27(2,3)4/h6,8-10,12-15,18H,7,11,16-17H2,1-5H3,(H,29,32). The van der Waals surface area contributed by atoms with Gasteiger partial charge in [0.05, 0.1) is 13.5 Å². The molecule has 0 aliphatic heterocycles. The largest absolute Gasteiger partial charge is 0.469 e. The summed E-state index contributed by atoms with van der Waals surface area (Å²) in [6, 6.07) is 10.1. The minimum absolute atomic E-state index is 0.154. The molecule has 7 heteroatoms. The van der Waals surface area contributed by atoms with E-state index in [1.54, 1.807) is 18.2 Å². The zero-order valence-corrected chi connectivity index (χ0v) is 20.5. The van der Waals surface area contributed by atoms with E-state index in [-0.39, 0.29) is 30.8 Å². The van der Waals surface area contributed by atoms with Gasteiger partial charge in [0.1, 0.15) is 11.4 Å². The first-order valence-corrected chi connectivity index (χ1v) is 11.5. The number of halogens is 1. The second-order valence-corrected chi connectivity index (χ2v) is 9.44. The van der Waals surface area contributed by atoms with Gasteiger partial charge in [-0.3, -0.25) is 10.1 Å². The van der Waals surface area contributed by atoms with Gasteiger partial charge in [0, 0.05) is 35.1 Å². The summed E-state index contributed by atoms with van der Waals surface area (Å²) in [5.74, 6) is -0.635. The van der Waals surface area contributed by atoms with Crippen LogP contribution in [0.1, 0.15) is 57.2 Å². The minimum Gasteiger partial charge on any atom is -0.469 e. The molecule has 0 spiro atoms. The van der Waals surface area contributed by atoms with E-state index in [0.717, 1.165) is 29.7 Å². The van der Waals surface area contributed by atoms with Crippen molar-refractivity contribution in [3.63, 3.8) is 0 Å². The number of nitrogens with zero attached hydrogens (tertiary/aromatic N) is 1. The van der Waals surface area contributed by atoms with Crippen molar-refractivity contribution in [2.45, 2.75) is 65.1 Å². The Balaban J connectivity index is 2.01. The molecule has 0 saturated carbocycles. The Kier molecular flexibility index (Phi) is 7.97. The number of carbonyl (C=O) groups is 2. The van der Waals surface area contributed by atoms with Crippen LogP contribution in [0.3, 0.4) is 0 Å². The number of carbonyl (C=O) groups excluding carboxylic acids is 2. The molecule has 1 aliphatic rings. The molecular weight excluding hydrogens is 435 g/mol. The van der Waals surface area contributed by atoms with E-state index in [0.29, 0.717) is 11.3 Å². The molecule has 0 bridgehead atoms. The highest BCUT2D eigenvalue weighted by atomic mass is 19.1. The molecule has 1 amide bonds. The van der Waals surface area contributed by atoms with Gasteiger partial charge >= 0.3 is 12.1 Å². The van der Waals surface area contributed by atoms with Crippen molar-refractivity contribution in [1.82, 2.24) is 0 Å². The van der Waals surface area contributed by atoms with Crippen molar-refractivity contribution in [2.24, 2.45) is 0 Å². The average molecular weight is 469 g/mol. The van der Waals surface area contributed by atoms with Gasteiger partial charge in [0.25, 0.3) is 0 Å². The molecule has 1 aliphatic carbocycles. The van der Waals surface area contributed by atoms with Crippen LogP contribution in [-0.4, -0.2) is 30.8 Å². The number of ether oxygens (including phenoxy) is 2. The normalized spacial score (nSPS) is 13.6. The number of methoxy groups -OCH3 is 1. The molecule has 0 radical (unpaired) electrons. The lowest BCUT2D eigenvalue weighted by atomic mass is 9.92. The quantitative estimate of drug-likeness (QED) is 0.498. The molecular formula is C27H33FN2O4. The number of hydrogen-bond donors (Lipinski definition) is 1. The summed E-state index contributed by atoms with van der Waals surface area (Å²) >= 11 is 0. The molecule has 1 unspecified atom stereocenters. The van der Waals surface area contributed by atoms with E-state index in [1.165, 1.54) is 13.2 Å². The van der Waals surface area contributed by atoms with Crippen molar-refractivity contribution in [2.75, 3.05) is 17.3 Å². The molecule has 3 rings (SSSR count). The highest BCUT2D eigenvalue weighted by Crippen LogP contribution is 2.37. The Morgan fingerprint density at radius 2 is 1.91 bits per heavy atom. The zero-order valence-electron chi connectivity index (χ0n) is 20.5. The highest BCUT2D eigenvalue weighted by molar-refractivity contribution is 5.89. The fourth-order valence-corrected chi connectivity index (χ4v) is 4.04. The van der Waals surface area contributed by atoms with Crippen LogP contribution in [0.5, 0.6) is 0 Å². The van der Waals surface area contributed by atoms with Crippen molar-refractivity contribution in [3.05, 3.63) is 65.0 Å². The minimum atomic E-state index is -0.607. The first kappa shape index (κ1) is 25.3. The maximum Gasteiger partial charge on any atom is 0.412 e. The number of anilines is 2. The fourth-order valence-electron chi connectivity index (χ4n) is 4.04. The van der Waals surface area contributed by atoms with Gasteiger partial charge in [-0.25, -0.2) is 9.18 Å². The van der Waals surface area contributed by atoms with Gasteiger partial charge in [0.2, 0.25) is 0 Å². The van der Waals surface area contributed by atoms with Crippen LogP contribution in [0, 0.1) is 5.82 Å². The third kappa shape index (κ3) is 6.37. The van der Waals surface area contributed by atoms with Crippen LogP contribution < -0.4 is 10.2 Å². The first-order valence-electron chi connectivity index (χ1n) is 11.5. The van der Waals surface area contributed by atoms with Crippen molar-refractivity contribution < 1.29 is 23.5 Å². The van der Waals surface area contributed by atoms with E-state index >= 15 is 0 Å². The monoisotopic (exact) mass is 468 g/mol. The fraction of sp³-hybridized carbons (Fsp3) is 0.407. The lowest BCUT2D eigenvalue weighted by Gasteiger charge is -2.34. The molecule has 34 heavy (non-hydrogen) atoms. The Bertz CT molecular complexity index is 1070. The number of benzene rings is 2. The molecule has 182 valence electrons. The number of nitrogens with one attached hydrogen (secondary N) is 1. The zero-order chi connectivity index (χ0) is 24.9. The Labute approximate surface area is 200 Å². The second-order valence-electron chi connectivity index (χ2n) is 9.44. The van der Waals surface area contributed by atoms with E-state index < -0.39 is 11.7 Å². The van der Waals surface area contributed by atoms with Crippen LogP contribution in [-0.2, 0) is 27.2 Å². The number of fused-ring (bicyclic) bond motifs is 1. The summed E-state index contributed by atoms with van der Waals surface area (Å²) in [5, 5.41) is 2.87. The van der Waals surface area contributed by atoms with Crippen LogP contribution >= 0.6 is 0 Å². The van der Waals surface area contributed by atoms with Crippen molar-refractivity contribution in [3.8, 4) is 0 Å². The third-order valence-electron chi connectivity index (χ3n) is 5.64. The second kappa shape index (κ2) is 10.7. The van der Waals surface area contributed by atoms with E-state index in [4.69, 9.17) is 9.47 Å². The Morgan fingerprint density at radius 3 is 2.59 bits per heavy atom. The van der Waals surface area contributed by atoms with Gasteiger partial charge < -0.3 is 14.4 Å². The van der Waals surface area contributed by atoms with Gasteiger partial charge in [0.15, 0.2) is 0 Å². The van der Waals surface area contributed by atoms with Crippen LogP contribution in [0.25, 0.3) is 6.08 Å². The van der Waals surface area contributed by atoms with Gasteiger partial charge in [-0.15, -0.1) is 0 Å². The number of amides is 1. The Morgan fingerprint density at radius 1 is 1.18 bits per heavy atom. The summed E-state index contributed by atoms with van der Waals surface area (Å²) in [5.41, 5.74) is 3.39. The maximum atomic E-state index is 14.5. The topological polar surface area (TPSA) is 67.9 Å². The van der Waals surface area contributed by atoms with Gasteiger partial charge in [-0.1, -0.05) is 30.4 Å². The van der Waals surface area contributed by atoms with E-state index in [2.05, 4.69) is 11.4 Å². The van der Waals surface area contributed by atoms with E-state index in [9.17, 15) is 14.0 Å². The molecule has 0 aromatic heterocycles. The smallest absolute Gasteiger partial charge is 0.412 e. The van der Waals surface area contributed by atoms with Crippen molar-refractivity contribution in [1.29, 1.82) is 0 Å². The summed E-state index contributed by atoms with van der Waals surface area (Å²) in [6.07, 6.45) is 5.32. The van der Waals surface area contributed by atoms with E-state index in [1.807, 2.05) is 50.8 Å². The third-order valence-corrected chi connectivity index (χ3v) is 5.64. The molecule has 2 aromatic rings. The maximum absolute atomic E-state index is 14.5. The molecule has 0 heterocycles. The number of rotatable bonds is 7. The lowest BCUT2D eigenvalue weighted by Crippen LogP contribution is -2.35. The summed E-state index contributed by atoms with van der Waals surface area (Å²) in [4.78, 5) is 26.5.